The van der Waals surface area contributed by atoms with Gasteiger partial charge in [0.2, 0.25) is 0 Å². The van der Waals surface area contributed by atoms with E-state index in [4.69, 9.17) is 17.3 Å². The second kappa shape index (κ2) is 3.49. The fourth-order valence-electron chi connectivity index (χ4n) is 0.783. The molecule has 0 aliphatic rings. The summed E-state index contributed by atoms with van der Waals surface area (Å²) in [5.74, 6) is -0.666. The zero-order valence-corrected chi connectivity index (χ0v) is 7.51. The molecule has 0 spiro atoms. The number of carbonyl (C=O) groups excluding carboxylic acids is 1. The number of aromatic amines is 1. The number of hydrogen-bond donors (Lipinski definition) is 2. The van der Waals surface area contributed by atoms with Crippen LogP contribution in [-0.2, 0) is 4.74 Å². The molecule has 0 aromatic carbocycles. The predicted octanol–water partition coefficient (Wildman–Crippen LogP) is 0.397. The Hall–Kier alpha value is -1.49. The van der Waals surface area contributed by atoms with Gasteiger partial charge < -0.3 is 15.5 Å². The summed E-state index contributed by atoms with van der Waals surface area (Å²) in [5, 5.41) is -0.132. The van der Waals surface area contributed by atoms with E-state index in [1.807, 2.05) is 0 Å². The molecule has 0 saturated heterocycles. The third-order valence-corrected chi connectivity index (χ3v) is 1.80. The van der Waals surface area contributed by atoms with Gasteiger partial charge in [-0.2, -0.15) is 0 Å². The largest absolute Gasteiger partial charge is 0.464 e. The molecule has 13 heavy (non-hydrogen) atoms. The molecule has 0 amide bonds. The number of esters is 1. The number of methoxy groups -OCH3 is 1. The molecule has 1 rings (SSSR count). The van der Waals surface area contributed by atoms with Gasteiger partial charge in [0.25, 0.3) is 5.56 Å². The van der Waals surface area contributed by atoms with Crippen molar-refractivity contribution in [3.05, 3.63) is 27.1 Å². The average Bonchev–Trinajstić information content (AvgIpc) is 2.12. The quantitative estimate of drug-likeness (QED) is 0.646. The summed E-state index contributed by atoms with van der Waals surface area (Å²) in [4.78, 5) is 24.2. The van der Waals surface area contributed by atoms with Gasteiger partial charge >= 0.3 is 5.97 Å². The fourth-order valence-corrected chi connectivity index (χ4v) is 0.885. The second-order valence-electron chi connectivity index (χ2n) is 2.27. The zero-order chi connectivity index (χ0) is 10.0. The molecule has 0 aliphatic heterocycles. The van der Waals surface area contributed by atoms with Crippen molar-refractivity contribution < 1.29 is 9.53 Å². The van der Waals surface area contributed by atoms with Crippen LogP contribution in [0.3, 0.4) is 0 Å². The van der Waals surface area contributed by atoms with Crippen LogP contribution in [0, 0.1) is 0 Å². The third-order valence-electron chi connectivity index (χ3n) is 1.41. The number of rotatable bonds is 1. The lowest BCUT2D eigenvalue weighted by Crippen LogP contribution is -2.16. The minimum absolute atomic E-state index is 0.0191. The third kappa shape index (κ3) is 1.81. The molecule has 1 heterocycles. The second-order valence-corrected chi connectivity index (χ2v) is 2.65. The number of nitrogen functional groups attached to an aromatic ring is 1. The monoisotopic (exact) mass is 202 g/mol. The van der Waals surface area contributed by atoms with Gasteiger partial charge in [0, 0.05) is 0 Å². The van der Waals surface area contributed by atoms with E-state index in [9.17, 15) is 9.59 Å². The summed E-state index contributed by atoms with van der Waals surface area (Å²) in [5.41, 5.74) is 4.77. The fraction of sp³-hybridized carbons (Fsp3) is 0.143. The predicted molar refractivity (Wildman–Crippen MR) is 47.8 cm³/mol. The molecule has 0 unspecified atom stereocenters. The maximum atomic E-state index is 11.0. The lowest BCUT2D eigenvalue weighted by Gasteiger charge is -2.01. The highest BCUT2D eigenvalue weighted by Crippen LogP contribution is 2.13. The van der Waals surface area contributed by atoms with Gasteiger partial charge in [0.05, 0.1) is 12.8 Å². The molecule has 1 aromatic rings. The normalized spacial score (nSPS) is 9.69. The summed E-state index contributed by atoms with van der Waals surface area (Å²) in [7, 11) is 1.20. The van der Waals surface area contributed by atoms with Crippen molar-refractivity contribution in [3.8, 4) is 0 Å². The highest BCUT2D eigenvalue weighted by atomic mass is 35.5. The van der Waals surface area contributed by atoms with E-state index >= 15 is 0 Å². The van der Waals surface area contributed by atoms with Gasteiger partial charge in [-0.15, -0.1) is 0 Å². The molecule has 0 fully saturated rings. The van der Waals surface area contributed by atoms with Crippen molar-refractivity contribution in [2.24, 2.45) is 0 Å². The molecule has 0 atom stereocenters. The van der Waals surface area contributed by atoms with Gasteiger partial charge in [0.1, 0.15) is 10.7 Å². The smallest absolute Gasteiger partial charge is 0.354 e. The number of H-pyrrole nitrogens is 1. The van der Waals surface area contributed by atoms with Crippen LogP contribution in [0.4, 0.5) is 5.69 Å². The lowest BCUT2D eigenvalue weighted by molar-refractivity contribution is 0.0594. The Morgan fingerprint density at radius 2 is 2.31 bits per heavy atom. The summed E-state index contributed by atoms with van der Waals surface area (Å²) < 4.78 is 4.38. The maximum absolute atomic E-state index is 11.0. The number of ether oxygens (including phenoxy) is 1. The van der Waals surface area contributed by atoms with Crippen LogP contribution in [0.5, 0.6) is 0 Å². The minimum Gasteiger partial charge on any atom is -0.464 e. The van der Waals surface area contributed by atoms with Crippen LogP contribution in [0.25, 0.3) is 0 Å². The highest BCUT2D eigenvalue weighted by Gasteiger charge is 2.10. The summed E-state index contributed by atoms with van der Waals surface area (Å²) in [6.45, 7) is 0. The van der Waals surface area contributed by atoms with Crippen LogP contribution in [-0.4, -0.2) is 18.1 Å². The summed E-state index contributed by atoms with van der Waals surface area (Å²) >= 11 is 5.48. The van der Waals surface area contributed by atoms with Crippen molar-refractivity contribution in [3.63, 3.8) is 0 Å². The van der Waals surface area contributed by atoms with Crippen molar-refractivity contribution in [2.75, 3.05) is 12.8 Å². The van der Waals surface area contributed by atoms with Crippen molar-refractivity contribution in [1.82, 2.24) is 4.98 Å². The highest BCUT2D eigenvalue weighted by molar-refractivity contribution is 6.32. The number of anilines is 1. The molecule has 0 saturated carbocycles. The number of pyridine rings is 1. The molecule has 0 radical (unpaired) electrons. The molecule has 70 valence electrons. The Kier molecular flexibility index (Phi) is 2.57. The van der Waals surface area contributed by atoms with E-state index in [2.05, 4.69) is 9.72 Å². The minimum atomic E-state index is -0.666. The van der Waals surface area contributed by atoms with E-state index in [1.54, 1.807) is 0 Å². The maximum Gasteiger partial charge on any atom is 0.354 e. The Balaban J connectivity index is 3.29. The standard InChI is InChI=1S/C7H7ClN2O3/c1-13-7(12)4-2-3(9)5(8)6(11)10-4/h2H,1H3,(H3,9,10,11). The SMILES string of the molecule is COC(=O)c1cc(N)c(Cl)c(=O)[nH]1. The number of halogens is 1. The number of carbonyl (C=O) groups is 1. The summed E-state index contributed by atoms with van der Waals surface area (Å²) in [6.07, 6.45) is 0. The average molecular weight is 203 g/mol. The molecule has 6 heteroatoms. The molecule has 3 N–H and O–H groups in total. The van der Waals surface area contributed by atoms with Crippen LogP contribution < -0.4 is 11.3 Å². The van der Waals surface area contributed by atoms with Crippen LogP contribution in [0.15, 0.2) is 10.9 Å². The Bertz CT molecular complexity index is 399. The van der Waals surface area contributed by atoms with Crippen LogP contribution in [0.2, 0.25) is 5.02 Å². The first kappa shape index (κ1) is 9.60. The first-order valence-electron chi connectivity index (χ1n) is 3.33. The number of aromatic nitrogens is 1. The van der Waals surface area contributed by atoms with Gasteiger partial charge in [-0.05, 0) is 6.07 Å². The molecule has 0 bridgehead atoms. The molecule has 1 aromatic heterocycles. The Morgan fingerprint density at radius 1 is 1.69 bits per heavy atom. The van der Waals surface area contributed by atoms with E-state index in [-0.39, 0.29) is 16.4 Å². The number of nitrogens with two attached hydrogens (primary N) is 1. The lowest BCUT2D eigenvalue weighted by atomic mass is 10.3. The van der Waals surface area contributed by atoms with E-state index in [0.29, 0.717) is 0 Å². The van der Waals surface area contributed by atoms with E-state index in [1.165, 1.54) is 13.2 Å². The molecular formula is C7H7ClN2O3. The van der Waals surface area contributed by atoms with E-state index < -0.39 is 11.5 Å². The van der Waals surface area contributed by atoms with Crippen molar-refractivity contribution in [1.29, 1.82) is 0 Å². The number of hydrogen-bond acceptors (Lipinski definition) is 4. The van der Waals surface area contributed by atoms with Gasteiger partial charge in [-0.25, -0.2) is 4.79 Å². The molecule has 5 nitrogen and oxygen atoms in total. The zero-order valence-electron chi connectivity index (χ0n) is 6.76. The number of nitrogens with one attached hydrogen (secondary N) is 1. The van der Waals surface area contributed by atoms with Crippen LogP contribution >= 0.6 is 11.6 Å². The van der Waals surface area contributed by atoms with Gasteiger partial charge in [-0.3, -0.25) is 4.79 Å². The van der Waals surface area contributed by atoms with Crippen molar-refractivity contribution >= 4 is 23.3 Å². The topological polar surface area (TPSA) is 85.2 Å². The Labute approximate surface area is 78.5 Å². The molecular weight excluding hydrogens is 196 g/mol. The van der Waals surface area contributed by atoms with Crippen LogP contribution in [0.1, 0.15) is 10.5 Å². The van der Waals surface area contributed by atoms with Gasteiger partial charge in [0.15, 0.2) is 0 Å². The summed E-state index contributed by atoms with van der Waals surface area (Å²) in [6, 6.07) is 1.25. The Morgan fingerprint density at radius 3 is 2.77 bits per heavy atom. The van der Waals surface area contributed by atoms with Gasteiger partial charge in [-0.1, -0.05) is 11.6 Å². The van der Waals surface area contributed by atoms with Crippen molar-refractivity contribution in [2.45, 2.75) is 0 Å². The molecule has 0 aliphatic carbocycles. The first-order valence-corrected chi connectivity index (χ1v) is 3.70. The first-order chi connectivity index (χ1) is 6.06. The van der Waals surface area contributed by atoms with E-state index in [0.717, 1.165) is 0 Å².